The van der Waals surface area contributed by atoms with Crippen LogP contribution in [0.5, 0.6) is 5.75 Å². The summed E-state index contributed by atoms with van der Waals surface area (Å²) in [5, 5.41) is 6.54. The summed E-state index contributed by atoms with van der Waals surface area (Å²) in [7, 11) is 1.69. The average Bonchev–Trinajstić information content (AvgIpc) is 2.58. The third-order valence-corrected chi connectivity index (χ3v) is 3.60. The van der Waals surface area contributed by atoms with Crippen LogP contribution in [-0.2, 0) is 4.74 Å². The number of hydrogen-bond acceptors (Lipinski definition) is 3. The first-order valence-electron chi connectivity index (χ1n) is 8.45. The summed E-state index contributed by atoms with van der Waals surface area (Å²) in [5.74, 6) is 2.22. The molecule has 0 fully saturated rings. The van der Waals surface area contributed by atoms with E-state index in [-0.39, 0.29) is 0 Å². The molecule has 130 valence electrons. The maximum absolute atomic E-state index is 5.33. The lowest BCUT2D eigenvalue weighted by atomic mass is 9.98. The van der Waals surface area contributed by atoms with E-state index in [1.165, 1.54) is 5.56 Å². The molecule has 0 aliphatic heterocycles. The van der Waals surface area contributed by atoms with E-state index >= 15 is 0 Å². The van der Waals surface area contributed by atoms with Gasteiger partial charge in [0, 0.05) is 26.2 Å². The molecule has 5 nitrogen and oxygen atoms in total. The molecule has 5 heteroatoms. The van der Waals surface area contributed by atoms with Gasteiger partial charge in [-0.05, 0) is 43.9 Å². The third-order valence-electron chi connectivity index (χ3n) is 3.60. The summed E-state index contributed by atoms with van der Waals surface area (Å²) in [6.45, 7) is 10.2. The van der Waals surface area contributed by atoms with Crippen molar-refractivity contribution in [1.82, 2.24) is 10.6 Å². The van der Waals surface area contributed by atoms with Gasteiger partial charge in [0.25, 0.3) is 0 Å². The maximum Gasteiger partial charge on any atom is 0.191 e. The van der Waals surface area contributed by atoms with Crippen molar-refractivity contribution >= 4 is 5.96 Å². The number of nitrogens with zero attached hydrogens (tertiary/aromatic N) is 1. The summed E-state index contributed by atoms with van der Waals surface area (Å²) in [5.41, 5.74) is 1.32. The molecule has 0 aliphatic rings. The molecule has 1 aromatic rings. The number of aliphatic imine (C=N–C) groups is 1. The number of guanidine groups is 1. The molecule has 0 radical (unpaired) electrons. The van der Waals surface area contributed by atoms with Gasteiger partial charge in [0.1, 0.15) is 5.75 Å². The van der Waals surface area contributed by atoms with Crippen molar-refractivity contribution in [3.8, 4) is 5.75 Å². The number of hydrogen-bond donors (Lipinski definition) is 2. The Morgan fingerprint density at radius 1 is 1.17 bits per heavy atom. The Labute approximate surface area is 140 Å². The van der Waals surface area contributed by atoms with Crippen LogP contribution in [0, 0.1) is 0 Å². The number of ether oxygens (including phenoxy) is 2. The molecule has 0 heterocycles. The van der Waals surface area contributed by atoms with Gasteiger partial charge in [-0.3, -0.25) is 4.99 Å². The van der Waals surface area contributed by atoms with E-state index in [0.717, 1.165) is 44.4 Å². The Hall–Kier alpha value is -1.75. The highest BCUT2D eigenvalue weighted by atomic mass is 16.5. The minimum absolute atomic E-state index is 0.468. The maximum atomic E-state index is 5.33. The Balaban J connectivity index is 2.42. The first kappa shape index (κ1) is 19.3. The zero-order valence-corrected chi connectivity index (χ0v) is 14.9. The minimum Gasteiger partial charge on any atom is -0.497 e. The number of methoxy groups -OCH3 is 1. The number of benzene rings is 1. The molecule has 1 rings (SSSR count). The second kappa shape index (κ2) is 11.8. The fraction of sp³-hybridized carbons (Fsp3) is 0.611. The van der Waals surface area contributed by atoms with Crippen LogP contribution in [0.25, 0.3) is 0 Å². The Bertz CT molecular complexity index is 446. The molecule has 1 aromatic carbocycles. The van der Waals surface area contributed by atoms with Crippen LogP contribution in [0.1, 0.15) is 38.7 Å². The number of rotatable bonds is 10. The lowest BCUT2D eigenvalue weighted by Gasteiger charge is -2.13. The lowest BCUT2D eigenvalue weighted by molar-refractivity contribution is 0.152. The van der Waals surface area contributed by atoms with Crippen LogP contribution >= 0.6 is 0 Å². The zero-order chi connectivity index (χ0) is 16.9. The SMILES string of the molecule is CCNC(=NCCC(C)c1ccc(OC)cc1)NCCOCC. The molecule has 0 spiro atoms. The molecule has 2 N–H and O–H groups in total. The Kier molecular flexibility index (Phi) is 9.87. The van der Waals surface area contributed by atoms with Gasteiger partial charge in [-0.15, -0.1) is 0 Å². The predicted molar refractivity (Wildman–Crippen MR) is 96.5 cm³/mol. The zero-order valence-electron chi connectivity index (χ0n) is 14.9. The number of nitrogens with one attached hydrogen (secondary N) is 2. The third kappa shape index (κ3) is 7.88. The molecule has 0 amide bonds. The van der Waals surface area contributed by atoms with Gasteiger partial charge in [0.2, 0.25) is 0 Å². The van der Waals surface area contributed by atoms with Crippen LogP contribution in [0.4, 0.5) is 0 Å². The quantitative estimate of drug-likeness (QED) is 0.395. The standard InChI is InChI=1S/C18H31N3O2/c1-5-19-18(21-13-14-23-6-2)20-12-11-15(3)16-7-9-17(22-4)10-8-16/h7-10,15H,5-6,11-14H2,1-4H3,(H2,19,20,21). The van der Waals surface area contributed by atoms with Gasteiger partial charge in [0.05, 0.1) is 13.7 Å². The van der Waals surface area contributed by atoms with Crippen LogP contribution in [0.3, 0.4) is 0 Å². The van der Waals surface area contributed by atoms with E-state index in [0.29, 0.717) is 12.5 Å². The van der Waals surface area contributed by atoms with E-state index in [9.17, 15) is 0 Å². The molecule has 0 bridgehead atoms. The monoisotopic (exact) mass is 321 g/mol. The smallest absolute Gasteiger partial charge is 0.191 e. The lowest BCUT2D eigenvalue weighted by Crippen LogP contribution is -2.39. The second-order valence-electron chi connectivity index (χ2n) is 5.35. The van der Waals surface area contributed by atoms with Crippen molar-refractivity contribution in [1.29, 1.82) is 0 Å². The van der Waals surface area contributed by atoms with E-state index in [1.54, 1.807) is 7.11 Å². The van der Waals surface area contributed by atoms with Gasteiger partial charge < -0.3 is 20.1 Å². The largest absolute Gasteiger partial charge is 0.497 e. The highest BCUT2D eigenvalue weighted by Gasteiger charge is 2.05. The molecule has 0 aliphatic carbocycles. The van der Waals surface area contributed by atoms with Gasteiger partial charge in [-0.2, -0.15) is 0 Å². The summed E-state index contributed by atoms with van der Waals surface area (Å²) >= 11 is 0. The van der Waals surface area contributed by atoms with Crippen molar-refractivity contribution < 1.29 is 9.47 Å². The van der Waals surface area contributed by atoms with Gasteiger partial charge >= 0.3 is 0 Å². The van der Waals surface area contributed by atoms with Gasteiger partial charge in [-0.25, -0.2) is 0 Å². The van der Waals surface area contributed by atoms with Crippen molar-refractivity contribution in [2.75, 3.05) is 40.0 Å². The van der Waals surface area contributed by atoms with E-state index in [2.05, 4.69) is 41.6 Å². The Morgan fingerprint density at radius 3 is 2.52 bits per heavy atom. The molecule has 0 saturated carbocycles. The van der Waals surface area contributed by atoms with Gasteiger partial charge in [-0.1, -0.05) is 19.1 Å². The first-order chi connectivity index (χ1) is 11.2. The Morgan fingerprint density at radius 2 is 1.91 bits per heavy atom. The van der Waals surface area contributed by atoms with E-state index in [1.807, 2.05) is 19.1 Å². The normalized spacial score (nSPS) is 12.8. The highest BCUT2D eigenvalue weighted by molar-refractivity contribution is 5.79. The predicted octanol–water partition coefficient (Wildman–Crippen LogP) is 2.78. The summed E-state index contributed by atoms with van der Waals surface area (Å²) < 4.78 is 10.5. The van der Waals surface area contributed by atoms with Crippen molar-refractivity contribution in [3.05, 3.63) is 29.8 Å². The minimum atomic E-state index is 0.468. The first-order valence-corrected chi connectivity index (χ1v) is 8.45. The molecule has 23 heavy (non-hydrogen) atoms. The summed E-state index contributed by atoms with van der Waals surface area (Å²) in [6, 6.07) is 8.26. The molecule has 0 aromatic heterocycles. The van der Waals surface area contributed by atoms with Crippen LogP contribution in [0.15, 0.2) is 29.3 Å². The molecule has 1 unspecified atom stereocenters. The van der Waals surface area contributed by atoms with Crippen molar-refractivity contribution in [2.24, 2.45) is 4.99 Å². The fourth-order valence-corrected chi connectivity index (χ4v) is 2.20. The molecular formula is C18H31N3O2. The van der Waals surface area contributed by atoms with Gasteiger partial charge in [0.15, 0.2) is 5.96 Å². The molecular weight excluding hydrogens is 290 g/mol. The van der Waals surface area contributed by atoms with Crippen LogP contribution in [-0.4, -0.2) is 45.9 Å². The average molecular weight is 321 g/mol. The fourth-order valence-electron chi connectivity index (χ4n) is 2.20. The van der Waals surface area contributed by atoms with Crippen LogP contribution < -0.4 is 15.4 Å². The second-order valence-corrected chi connectivity index (χ2v) is 5.35. The molecule has 0 saturated heterocycles. The van der Waals surface area contributed by atoms with E-state index in [4.69, 9.17) is 9.47 Å². The summed E-state index contributed by atoms with van der Waals surface area (Å²) in [4.78, 5) is 4.62. The van der Waals surface area contributed by atoms with E-state index < -0.39 is 0 Å². The van der Waals surface area contributed by atoms with Crippen molar-refractivity contribution in [3.63, 3.8) is 0 Å². The van der Waals surface area contributed by atoms with Crippen molar-refractivity contribution in [2.45, 2.75) is 33.1 Å². The molecule has 1 atom stereocenters. The highest BCUT2D eigenvalue weighted by Crippen LogP contribution is 2.21. The van der Waals surface area contributed by atoms with Crippen LogP contribution in [0.2, 0.25) is 0 Å². The summed E-state index contributed by atoms with van der Waals surface area (Å²) in [6.07, 6.45) is 1.01. The topological polar surface area (TPSA) is 54.9 Å².